The van der Waals surface area contributed by atoms with Crippen LogP contribution in [0.4, 0.5) is 5.69 Å². The number of pyridine rings is 1. The molecular weight excluding hydrogens is 416 g/mol. The SMILES string of the molecule is CCc1c(C(=O)OCC(=O)N(Cc2ccccc2)c2ccccc2)cnn1-c1ccccn1. The Morgan fingerprint density at radius 2 is 1.64 bits per heavy atom. The Morgan fingerprint density at radius 3 is 2.30 bits per heavy atom. The monoisotopic (exact) mass is 440 g/mol. The zero-order chi connectivity index (χ0) is 23.0. The van der Waals surface area contributed by atoms with Crippen LogP contribution >= 0.6 is 0 Å². The normalized spacial score (nSPS) is 10.6. The van der Waals surface area contributed by atoms with Gasteiger partial charge in [-0.15, -0.1) is 0 Å². The molecule has 0 saturated heterocycles. The first kappa shape index (κ1) is 22.0. The van der Waals surface area contributed by atoms with Crippen LogP contribution in [0.3, 0.4) is 0 Å². The van der Waals surface area contributed by atoms with E-state index in [-0.39, 0.29) is 12.5 Å². The van der Waals surface area contributed by atoms with Crippen LogP contribution < -0.4 is 4.90 Å². The maximum Gasteiger partial charge on any atom is 0.342 e. The molecule has 2 heterocycles. The molecule has 0 N–H and O–H groups in total. The van der Waals surface area contributed by atoms with Gasteiger partial charge >= 0.3 is 5.97 Å². The summed E-state index contributed by atoms with van der Waals surface area (Å²) < 4.78 is 7.03. The van der Waals surface area contributed by atoms with Gasteiger partial charge in [0, 0.05) is 11.9 Å². The van der Waals surface area contributed by atoms with Crippen LogP contribution in [0.1, 0.15) is 28.5 Å². The number of hydrogen-bond acceptors (Lipinski definition) is 5. The predicted octanol–water partition coefficient (Wildman–Crippen LogP) is 4.22. The Labute approximate surface area is 192 Å². The van der Waals surface area contributed by atoms with Gasteiger partial charge in [0.15, 0.2) is 12.4 Å². The number of ether oxygens (including phenoxy) is 1. The van der Waals surface area contributed by atoms with Gasteiger partial charge in [0.2, 0.25) is 0 Å². The molecule has 0 saturated carbocycles. The van der Waals surface area contributed by atoms with E-state index >= 15 is 0 Å². The van der Waals surface area contributed by atoms with Crippen molar-refractivity contribution in [3.05, 3.63) is 108 Å². The molecule has 4 aromatic rings. The first-order valence-corrected chi connectivity index (χ1v) is 10.7. The van der Waals surface area contributed by atoms with Crippen molar-refractivity contribution in [3.63, 3.8) is 0 Å². The number of esters is 1. The number of carbonyl (C=O) groups excluding carboxylic acids is 2. The van der Waals surface area contributed by atoms with Crippen molar-refractivity contribution >= 4 is 17.6 Å². The summed E-state index contributed by atoms with van der Waals surface area (Å²) in [6.45, 7) is 1.92. The van der Waals surface area contributed by atoms with Crippen molar-refractivity contribution in [1.82, 2.24) is 14.8 Å². The summed E-state index contributed by atoms with van der Waals surface area (Å²) in [5, 5.41) is 4.30. The summed E-state index contributed by atoms with van der Waals surface area (Å²) >= 11 is 0. The van der Waals surface area contributed by atoms with E-state index in [0.29, 0.717) is 30.0 Å². The van der Waals surface area contributed by atoms with Gasteiger partial charge in [0.1, 0.15) is 5.56 Å². The summed E-state index contributed by atoms with van der Waals surface area (Å²) in [7, 11) is 0. The van der Waals surface area contributed by atoms with Gasteiger partial charge in [0.05, 0.1) is 18.4 Å². The lowest BCUT2D eigenvalue weighted by atomic mass is 10.2. The van der Waals surface area contributed by atoms with Crippen molar-refractivity contribution in [2.45, 2.75) is 19.9 Å². The summed E-state index contributed by atoms with van der Waals surface area (Å²) in [6.07, 6.45) is 3.68. The van der Waals surface area contributed by atoms with Crippen LogP contribution in [-0.4, -0.2) is 33.2 Å². The van der Waals surface area contributed by atoms with E-state index in [9.17, 15) is 9.59 Å². The zero-order valence-electron chi connectivity index (χ0n) is 18.3. The van der Waals surface area contributed by atoms with Gasteiger partial charge in [-0.1, -0.05) is 61.5 Å². The molecule has 0 spiro atoms. The number of carbonyl (C=O) groups is 2. The number of nitrogens with zero attached hydrogens (tertiary/aromatic N) is 4. The van der Waals surface area contributed by atoms with Gasteiger partial charge in [-0.3, -0.25) is 4.79 Å². The van der Waals surface area contributed by atoms with E-state index < -0.39 is 5.97 Å². The molecule has 0 fully saturated rings. The Hall–Kier alpha value is -4.26. The Bertz CT molecular complexity index is 1210. The molecule has 1 amide bonds. The summed E-state index contributed by atoms with van der Waals surface area (Å²) in [5.74, 6) is -0.286. The molecule has 2 aromatic carbocycles. The Kier molecular flexibility index (Phi) is 6.90. The first-order valence-electron chi connectivity index (χ1n) is 10.7. The maximum atomic E-state index is 13.1. The number of amides is 1. The van der Waals surface area contributed by atoms with Gasteiger partial charge in [-0.05, 0) is 36.2 Å². The van der Waals surface area contributed by atoms with E-state index in [2.05, 4.69) is 10.1 Å². The minimum absolute atomic E-state index is 0.312. The molecule has 0 aliphatic carbocycles. The zero-order valence-corrected chi connectivity index (χ0v) is 18.3. The number of aromatic nitrogens is 3. The van der Waals surface area contributed by atoms with Crippen molar-refractivity contribution in [1.29, 1.82) is 0 Å². The molecule has 4 rings (SSSR count). The standard InChI is InChI=1S/C26H24N4O3/c1-2-23-22(17-28-30(23)24-15-9-10-16-27-24)26(32)33-19-25(31)29(21-13-7-4-8-14-21)18-20-11-5-3-6-12-20/h3-17H,2,18-19H2,1H3. The number of para-hydroxylation sites is 1. The second-order valence-electron chi connectivity index (χ2n) is 7.34. The lowest BCUT2D eigenvalue weighted by Gasteiger charge is -2.23. The predicted molar refractivity (Wildman–Crippen MR) is 125 cm³/mol. The molecule has 166 valence electrons. The molecule has 33 heavy (non-hydrogen) atoms. The van der Waals surface area contributed by atoms with E-state index in [1.807, 2.05) is 85.8 Å². The summed E-state index contributed by atoms with van der Waals surface area (Å²) in [4.78, 5) is 31.8. The Morgan fingerprint density at radius 1 is 0.939 bits per heavy atom. The molecule has 2 aromatic heterocycles. The fraction of sp³-hybridized carbons (Fsp3) is 0.154. The second kappa shape index (κ2) is 10.4. The molecule has 0 atom stereocenters. The van der Waals surface area contributed by atoms with Gasteiger partial charge in [0.25, 0.3) is 5.91 Å². The number of anilines is 1. The minimum Gasteiger partial charge on any atom is -0.452 e. The van der Waals surface area contributed by atoms with Crippen LogP contribution in [0.15, 0.2) is 91.3 Å². The average molecular weight is 441 g/mol. The average Bonchev–Trinajstić information content (AvgIpc) is 3.31. The molecular formula is C26H24N4O3. The summed E-state index contributed by atoms with van der Waals surface area (Å²) in [5.41, 5.74) is 2.71. The maximum absolute atomic E-state index is 13.1. The molecule has 0 unspecified atom stereocenters. The molecule has 0 bridgehead atoms. The highest BCUT2D eigenvalue weighted by Crippen LogP contribution is 2.19. The quantitative estimate of drug-likeness (QED) is 0.384. The topological polar surface area (TPSA) is 77.3 Å². The summed E-state index contributed by atoms with van der Waals surface area (Å²) in [6, 6.07) is 24.5. The van der Waals surface area contributed by atoms with Crippen LogP contribution in [0.5, 0.6) is 0 Å². The first-order chi connectivity index (χ1) is 16.2. The van der Waals surface area contributed by atoms with Gasteiger partial charge in [-0.2, -0.15) is 5.10 Å². The Balaban J connectivity index is 1.50. The highest BCUT2D eigenvalue weighted by Gasteiger charge is 2.22. The van der Waals surface area contributed by atoms with Crippen LogP contribution in [0.2, 0.25) is 0 Å². The van der Waals surface area contributed by atoms with E-state index in [1.54, 1.807) is 15.8 Å². The molecule has 7 heteroatoms. The minimum atomic E-state index is -0.588. The van der Waals surface area contributed by atoms with E-state index in [1.165, 1.54) is 6.20 Å². The lowest BCUT2D eigenvalue weighted by Crippen LogP contribution is -2.34. The van der Waals surface area contributed by atoms with Gasteiger partial charge < -0.3 is 9.64 Å². The van der Waals surface area contributed by atoms with Crippen LogP contribution in [0.25, 0.3) is 5.82 Å². The van der Waals surface area contributed by atoms with Gasteiger partial charge in [-0.25, -0.2) is 14.5 Å². The van der Waals surface area contributed by atoms with Crippen molar-refractivity contribution in [2.75, 3.05) is 11.5 Å². The second-order valence-corrected chi connectivity index (χ2v) is 7.34. The third kappa shape index (κ3) is 5.15. The molecule has 0 aliphatic heterocycles. The van der Waals surface area contributed by atoms with Crippen molar-refractivity contribution < 1.29 is 14.3 Å². The third-order valence-electron chi connectivity index (χ3n) is 5.17. The van der Waals surface area contributed by atoms with Crippen molar-refractivity contribution in [2.24, 2.45) is 0 Å². The van der Waals surface area contributed by atoms with E-state index in [0.717, 1.165) is 11.3 Å². The number of hydrogen-bond donors (Lipinski definition) is 0. The smallest absolute Gasteiger partial charge is 0.342 e. The lowest BCUT2D eigenvalue weighted by molar-refractivity contribution is -0.121. The van der Waals surface area contributed by atoms with E-state index in [4.69, 9.17) is 4.74 Å². The highest BCUT2D eigenvalue weighted by molar-refractivity contribution is 5.97. The molecule has 0 aliphatic rings. The molecule has 0 radical (unpaired) electrons. The fourth-order valence-corrected chi connectivity index (χ4v) is 3.54. The van der Waals surface area contributed by atoms with Crippen molar-refractivity contribution in [3.8, 4) is 5.82 Å². The molecule has 7 nitrogen and oxygen atoms in total. The number of benzene rings is 2. The van der Waals surface area contributed by atoms with Crippen LogP contribution in [-0.2, 0) is 22.5 Å². The third-order valence-corrected chi connectivity index (χ3v) is 5.17. The fourth-order valence-electron chi connectivity index (χ4n) is 3.54. The highest BCUT2D eigenvalue weighted by atomic mass is 16.5. The van der Waals surface area contributed by atoms with Crippen LogP contribution in [0, 0.1) is 0 Å². The largest absolute Gasteiger partial charge is 0.452 e. The number of rotatable bonds is 8.